The van der Waals surface area contributed by atoms with E-state index in [1.54, 1.807) is 7.11 Å². The molecule has 1 aromatic rings. The van der Waals surface area contributed by atoms with Crippen LogP contribution in [0.15, 0.2) is 24.3 Å². The SMILES string of the molecule is CCC(C)C(C)NCc1ccccc1OC. The molecule has 1 N–H and O–H groups in total. The van der Waals surface area contributed by atoms with Crippen LogP contribution < -0.4 is 10.1 Å². The third-order valence-electron chi connectivity index (χ3n) is 3.30. The summed E-state index contributed by atoms with van der Waals surface area (Å²) in [6, 6.07) is 8.70. The van der Waals surface area contributed by atoms with E-state index in [1.807, 2.05) is 18.2 Å². The van der Waals surface area contributed by atoms with Crippen LogP contribution in [0.4, 0.5) is 0 Å². The molecule has 0 fully saturated rings. The minimum atomic E-state index is 0.537. The summed E-state index contributed by atoms with van der Waals surface area (Å²) in [7, 11) is 1.72. The lowest BCUT2D eigenvalue weighted by molar-refractivity contribution is 0.378. The van der Waals surface area contributed by atoms with Crippen molar-refractivity contribution in [1.29, 1.82) is 0 Å². The van der Waals surface area contributed by atoms with Gasteiger partial charge in [0, 0.05) is 18.2 Å². The van der Waals surface area contributed by atoms with E-state index in [-0.39, 0.29) is 0 Å². The first-order valence-corrected chi connectivity index (χ1v) is 6.04. The highest BCUT2D eigenvalue weighted by atomic mass is 16.5. The van der Waals surface area contributed by atoms with Gasteiger partial charge in [-0.2, -0.15) is 0 Å². The molecule has 90 valence electrons. The van der Waals surface area contributed by atoms with Crippen molar-refractivity contribution in [2.24, 2.45) is 5.92 Å². The van der Waals surface area contributed by atoms with Crippen molar-refractivity contribution >= 4 is 0 Å². The van der Waals surface area contributed by atoms with Crippen LogP contribution in [0, 0.1) is 5.92 Å². The molecule has 0 radical (unpaired) electrons. The molecule has 0 saturated carbocycles. The van der Waals surface area contributed by atoms with E-state index in [0.717, 1.165) is 12.3 Å². The van der Waals surface area contributed by atoms with Crippen molar-refractivity contribution < 1.29 is 4.74 Å². The summed E-state index contributed by atoms with van der Waals surface area (Å²) in [6.07, 6.45) is 1.21. The Morgan fingerprint density at radius 1 is 1.25 bits per heavy atom. The minimum Gasteiger partial charge on any atom is -0.496 e. The molecule has 2 nitrogen and oxygen atoms in total. The minimum absolute atomic E-state index is 0.537. The van der Waals surface area contributed by atoms with Gasteiger partial charge in [0.2, 0.25) is 0 Å². The number of para-hydroxylation sites is 1. The molecule has 1 aromatic carbocycles. The first-order valence-electron chi connectivity index (χ1n) is 6.04. The van der Waals surface area contributed by atoms with Crippen LogP contribution in [0.25, 0.3) is 0 Å². The quantitative estimate of drug-likeness (QED) is 0.796. The molecule has 2 unspecified atom stereocenters. The molecule has 0 aromatic heterocycles. The highest BCUT2D eigenvalue weighted by molar-refractivity contribution is 5.32. The molecule has 2 atom stereocenters. The highest BCUT2D eigenvalue weighted by Gasteiger charge is 2.10. The van der Waals surface area contributed by atoms with Gasteiger partial charge in [-0.3, -0.25) is 0 Å². The third kappa shape index (κ3) is 3.53. The van der Waals surface area contributed by atoms with Crippen molar-refractivity contribution in [3.63, 3.8) is 0 Å². The van der Waals surface area contributed by atoms with Crippen LogP contribution in [0.5, 0.6) is 5.75 Å². The predicted molar refractivity (Wildman–Crippen MR) is 68.8 cm³/mol. The van der Waals surface area contributed by atoms with Gasteiger partial charge in [0.1, 0.15) is 5.75 Å². The Morgan fingerprint density at radius 3 is 2.56 bits per heavy atom. The van der Waals surface area contributed by atoms with Gasteiger partial charge in [0.25, 0.3) is 0 Å². The summed E-state index contributed by atoms with van der Waals surface area (Å²) in [5, 5.41) is 3.54. The number of methoxy groups -OCH3 is 1. The van der Waals surface area contributed by atoms with Gasteiger partial charge < -0.3 is 10.1 Å². The molecule has 0 aliphatic heterocycles. The van der Waals surface area contributed by atoms with Gasteiger partial charge in [-0.15, -0.1) is 0 Å². The lowest BCUT2D eigenvalue weighted by Gasteiger charge is -2.20. The lowest BCUT2D eigenvalue weighted by Crippen LogP contribution is -2.31. The second-order valence-corrected chi connectivity index (χ2v) is 4.37. The number of benzene rings is 1. The summed E-state index contributed by atoms with van der Waals surface area (Å²) in [4.78, 5) is 0. The average Bonchev–Trinajstić information content (AvgIpc) is 2.35. The second kappa shape index (κ2) is 6.54. The standard InChI is InChI=1S/C14H23NO/c1-5-11(2)12(3)15-10-13-8-6-7-9-14(13)16-4/h6-9,11-12,15H,5,10H2,1-4H3. The number of hydrogen-bond acceptors (Lipinski definition) is 2. The number of hydrogen-bond donors (Lipinski definition) is 1. The molecule has 0 heterocycles. The monoisotopic (exact) mass is 221 g/mol. The van der Waals surface area contributed by atoms with Gasteiger partial charge in [-0.1, -0.05) is 38.5 Å². The Labute approximate surface area is 99.0 Å². The lowest BCUT2D eigenvalue weighted by atomic mass is 10.0. The summed E-state index contributed by atoms with van der Waals surface area (Å²) < 4.78 is 5.32. The van der Waals surface area contributed by atoms with Crippen LogP contribution >= 0.6 is 0 Å². The fourth-order valence-electron chi connectivity index (χ4n) is 1.67. The summed E-state index contributed by atoms with van der Waals surface area (Å²) >= 11 is 0. The van der Waals surface area contributed by atoms with Crippen molar-refractivity contribution in [2.45, 2.75) is 39.8 Å². The fraction of sp³-hybridized carbons (Fsp3) is 0.571. The Balaban J connectivity index is 2.54. The van der Waals surface area contributed by atoms with Crippen molar-refractivity contribution in [3.8, 4) is 5.75 Å². The zero-order valence-electron chi connectivity index (χ0n) is 10.8. The summed E-state index contributed by atoms with van der Waals surface area (Å²) in [6.45, 7) is 7.62. The molecule has 0 aliphatic carbocycles. The molecule has 2 heteroatoms. The number of rotatable bonds is 6. The van der Waals surface area contributed by atoms with Gasteiger partial charge in [-0.05, 0) is 18.9 Å². The van der Waals surface area contributed by atoms with Gasteiger partial charge in [0.05, 0.1) is 7.11 Å². The highest BCUT2D eigenvalue weighted by Crippen LogP contribution is 2.17. The largest absolute Gasteiger partial charge is 0.496 e. The van der Waals surface area contributed by atoms with E-state index < -0.39 is 0 Å². The Morgan fingerprint density at radius 2 is 1.94 bits per heavy atom. The van der Waals surface area contributed by atoms with Crippen molar-refractivity contribution in [2.75, 3.05) is 7.11 Å². The predicted octanol–water partition coefficient (Wildman–Crippen LogP) is 3.22. The van der Waals surface area contributed by atoms with Crippen LogP contribution in [0.3, 0.4) is 0 Å². The molecule has 0 bridgehead atoms. The molecule has 16 heavy (non-hydrogen) atoms. The molecule has 0 spiro atoms. The zero-order chi connectivity index (χ0) is 12.0. The second-order valence-electron chi connectivity index (χ2n) is 4.37. The van der Waals surface area contributed by atoms with E-state index in [9.17, 15) is 0 Å². The average molecular weight is 221 g/mol. The Hall–Kier alpha value is -1.02. The molecular formula is C14H23NO. The number of nitrogens with one attached hydrogen (secondary N) is 1. The molecule has 0 aliphatic rings. The van der Waals surface area contributed by atoms with E-state index in [1.165, 1.54) is 12.0 Å². The molecular weight excluding hydrogens is 198 g/mol. The molecule has 1 rings (SSSR count). The van der Waals surface area contributed by atoms with Crippen LogP contribution in [-0.4, -0.2) is 13.2 Å². The smallest absolute Gasteiger partial charge is 0.123 e. The van der Waals surface area contributed by atoms with Crippen molar-refractivity contribution in [3.05, 3.63) is 29.8 Å². The maximum Gasteiger partial charge on any atom is 0.123 e. The zero-order valence-corrected chi connectivity index (χ0v) is 10.8. The van der Waals surface area contributed by atoms with Crippen LogP contribution in [0.2, 0.25) is 0 Å². The molecule has 0 amide bonds. The normalized spacial score (nSPS) is 14.5. The number of ether oxygens (including phenoxy) is 1. The van der Waals surface area contributed by atoms with E-state index in [0.29, 0.717) is 12.0 Å². The van der Waals surface area contributed by atoms with E-state index in [4.69, 9.17) is 4.74 Å². The Kier molecular flexibility index (Phi) is 5.33. The van der Waals surface area contributed by atoms with Gasteiger partial charge in [-0.25, -0.2) is 0 Å². The first kappa shape index (κ1) is 13.0. The van der Waals surface area contributed by atoms with E-state index in [2.05, 4.69) is 32.2 Å². The summed E-state index contributed by atoms with van der Waals surface area (Å²) in [5.41, 5.74) is 1.22. The van der Waals surface area contributed by atoms with Crippen LogP contribution in [0.1, 0.15) is 32.8 Å². The van der Waals surface area contributed by atoms with E-state index >= 15 is 0 Å². The van der Waals surface area contributed by atoms with Gasteiger partial charge >= 0.3 is 0 Å². The summed E-state index contributed by atoms with van der Waals surface area (Å²) in [5.74, 6) is 1.67. The third-order valence-corrected chi connectivity index (χ3v) is 3.30. The van der Waals surface area contributed by atoms with Crippen LogP contribution in [-0.2, 0) is 6.54 Å². The molecule has 0 saturated heterocycles. The maximum atomic E-state index is 5.32. The fourth-order valence-corrected chi connectivity index (χ4v) is 1.67. The van der Waals surface area contributed by atoms with Gasteiger partial charge in [0.15, 0.2) is 0 Å². The van der Waals surface area contributed by atoms with Crippen molar-refractivity contribution in [1.82, 2.24) is 5.32 Å². The maximum absolute atomic E-state index is 5.32. The Bertz CT molecular complexity index is 311. The first-order chi connectivity index (χ1) is 7.69. The topological polar surface area (TPSA) is 21.3 Å².